The molecule has 1 fully saturated rings. The van der Waals surface area contributed by atoms with E-state index in [-0.39, 0.29) is 6.10 Å². The van der Waals surface area contributed by atoms with Gasteiger partial charge < -0.3 is 9.64 Å². The molecule has 2 aliphatic heterocycles. The molecule has 98 valence electrons. The van der Waals surface area contributed by atoms with Crippen LogP contribution in [-0.4, -0.2) is 49.6 Å². The topological polar surface area (TPSA) is 15.7 Å². The third kappa shape index (κ3) is 2.18. The Hall–Kier alpha value is -0.900. The SMILES string of the molecule is CC1OCC(N2CCN(C)CC2)c2ccccc21. The zero-order valence-electron chi connectivity index (χ0n) is 11.3. The van der Waals surface area contributed by atoms with Crippen LogP contribution in [0, 0.1) is 0 Å². The number of hydrogen-bond acceptors (Lipinski definition) is 3. The molecule has 0 spiro atoms. The molecule has 3 rings (SSSR count). The van der Waals surface area contributed by atoms with Crippen molar-refractivity contribution in [1.29, 1.82) is 0 Å². The van der Waals surface area contributed by atoms with Gasteiger partial charge in [0.25, 0.3) is 0 Å². The minimum atomic E-state index is 0.241. The Balaban J connectivity index is 1.84. The highest BCUT2D eigenvalue weighted by atomic mass is 16.5. The number of hydrogen-bond donors (Lipinski definition) is 0. The van der Waals surface area contributed by atoms with Crippen molar-refractivity contribution in [3.05, 3.63) is 35.4 Å². The summed E-state index contributed by atoms with van der Waals surface area (Å²) in [5, 5.41) is 0. The summed E-state index contributed by atoms with van der Waals surface area (Å²) < 4.78 is 5.94. The quantitative estimate of drug-likeness (QED) is 0.754. The minimum absolute atomic E-state index is 0.241. The Morgan fingerprint density at radius 1 is 1.06 bits per heavy atom. The maximum atomic E-state index is 5.94. The fourth-order valence-corrected chi connectivity index (χ4v) is 3.04. The Morgan fingerprint density at radius 3 is 2.44 bits per heavy atom. The molecule has 0 bridgehead atoms. The first-order valence-electron chi connectivity index (χ1n) is 6.89. The lowest BCUT2D eigenvalue weighted by Crippen LogP contribution is -2.47. The van der Waals surface area contributed by atoms with Crippen molar-refractivity contribution in [2.45, 2.75) is 19.1 Å². The van der Waals surface area contributed by atoms with E-state index in [0.717, 1.165) is 32.8 Å². The predicted octanol–water partition coefficient (Wildman–Crippen LogP) is 2.07. The first-order valence-corrected chi connectivity index (χ1v) is 6.89. The largest absolute Gasteiger partial charge is 0.372 e. The molecule has 1 aromatic carbocycles. The van der Waals surface area contributed by atoms with Crippen molar-refractivity contribution >= 4 is 0 Å². The van der Waals surface area contributed by atoms with Gasteiger partial charge in [-0.1, -0.05) is 24.3 Å². The predicted molar refractivity (Wildman–Crippen MR) is 72.6 cm³/mol. The number of benzene rings is 1. The first-order chi connectivity index (χ1) is 8.75. The molecule has 0 aromatic heterocycles. The molecule has 1 aromatic rings. The van der Waals surface area contributed by atoms with Crippen molar-refractivity contribution in [1.82, 2.24) is 9.80 Å². The van der Waals surface area contributed by atoms with Crippen LogP contribution in [0.15, 0.2) is 24.3 Å². The van der Waals surface area contributed by atoms with Gasteiger partial charge in [-0.2, -0.15) is 0 Å². The maximum absolute atomic E-state index is 5.94. The Kier molecular flexibility index (Phi) is 3.37. The van der Waals surface area contributed by atoms with Crippen molar-refractivity contribution in [2.75, 3.05) is 39.8 Å². The fourth-order valence-electron chi connectivity index (χ4n) is 3.04. The zero-order chi connectivity index (χ0) is 12.5. The molecule has 0 amide bonds. The molecule has 2 unspecified atom stereocenters. The van der Waals surface area contributed by atoms with Gasteiger partial charge in [0.15, 0.2) is 0 Å². The van der Waals surface area contributed by atoms with Gasteiger partial charge in [-0.25, -0.2) is 0 Å². The Morgan fingerprint density at radius 2 is 1.72 bits per heavy atom. The van der Waals surface area contributed by atoms with Crippen LogP contribution >= 0.6 is 0 Å². The molecule has 3 nitrogen and oxygen atoms in total. The number of fused-ring (bicyclic) bond motifs is 1. The van der Waals surface area contributed by atoms with Crippen LogP contribution in [0.3, 0.4) is 0 Å². The summed E-state index contributed by atoms with van der Waals surface area (Å²) in [6.45, 7) is 7.60. The zero-order valence-corrected chi connectivity index (χ0v) is 11.3. The molecular formula is C15H22N2O. The second-order valence-corrected chi connectivity index (χ2v) is 5.46. The second kappa shape index (κ2) is 5.00. The standard InChI is InChI=1S/C15H22N2O/c1-12-13-5-3-4-6-14(13)15(11-18-12)17-9-7-16(2)8-10-17/h3-6,12,15H,7-11H2,1-2H3. The van der Waals surface area contributed by atoms with Crippen LogP contribution in [0.1, 0.15) is 30.2 Å². The third-order valence-corrected chi connectivity index (χ3v) is 4.28. The van der Waals surface area contributed by atoms with Crippen molar-refractivity contribution in [2.24, 2.45) is 0 Å². The number of ether oxygens (including phenoxy) is 1. The lowest BCUT2D eigenvalue weighted by atomic mass is 9.93. The highest BCUT2D eigenvalue weighted by molar-refractivity contribution is 5.33. The summed E-state index contributed by atoms with van der Waals surface area (Å²) >= 11 is 0. The Labute approximate surface area is 109 Å². The van der Waals surface area contributed by atoms with Crippen LogP contribution in [0.25, 0.3) is 0 Å². The van der Waals surface area contributed by atoms with E-state index in [2.05, 4.69) is 48.0 Å². The van der Waals surface area contributed by atoms with Gasteiger partial charge in [-0.15, -0.1) is 0 Å². The number of rotatable bonds is 1. The summed E-state index contributed by atoms with van der Waals surface area (Å²) in [6.07, 6.45) is 0.241. The van der Waals surface area contributed by atoms with Gasteiger partial charge in [-0.05, 0) is 25.1 Å². The summed E-state index contributed by atoms with van der Waals surface area (Å²) in [6, 6.07) is 9.20. The number of likely N-dealkylation sites (N-methyl/N-ethyl adjacent to an activating group) is 1. The van der Waals surface area contributed by atoms with Gasteiger partial charge in [0.2, 0.25) is 0 Å². The average Bonchev–Trinajstić information content (AvgIpc) is 2.41. The van der Waals surface area contributed by atoms with Crippen LogP contribution < -0.4 is 0 Å². The maximum Gasteiger partial charge on any atom is 0.0801 e. The first kappa shape index (κ1) is 12.2. The van der Waals surface area contributed by atoms with Gasteiger partial charge in [0.05, 0.1) is 18.8 Å². The summed E-state index contributed by atoms with van der Waals surface area (Å²) in [5.41, 5.74) is 2.84. The highest BCUT2D eigenvalue weighted by Crippen LogP contribution is 2.35. The normalized spacial score (nSPS) is 30.1. The van der Waals surface area contributed by atoms with Crippen LogP contribution in [0.4, 0.5) is 0 Å². The molecule has 0 N–H and O–H groups in total. The van der Waals surface area contributed by atoms with Crippen LogP contribution in [0.2, 0.25) is 0 Å². The molecule has 0 saturated carbocycles. The molecule has 2 aliphatic rings. The molecule has 0 aliphatic carbocycles. The average molecular weight is 246 g/mol. The summed E-state index contributed by atoms with van der Waals surface area (Å²) in [7, 11) is 2.20. The van der Waals surface area contributed by atoms with Gasteiger partial charge in [0, 0.05) is 26.2 Å². The van der Waals surface area contributed by atoms with E-state index in [1.807, 2.05) is 0 Å². The number of nitrogens with zero attached hydrogens (tertiary/aromatic N) is 2. The highest BCUT2D eigenvalue weighted by Gasteiger charge is 2.30. The fraction of sp³-hybridized carbons (Fsp3) is 0.600. The van der Waals surface area contributed by atoms with Crippen molar-refractivity contribution in [3.63, 3.8) is 0 Å². The van der Waals surface area contributed by atoms with E-state index in [4.69, 9.17) is 4.74 Å². The third-order valence-electron chi connectivity index (χ3n) is 4.28. The second-order valence-electron chi connectivity index (χ2n) is 5.46. The molecule has 1 saturated heterocycles. The number of piperazine rings is 1. The van der Waals surface area contributed by atoms with E-state index in [1.54, 1.807) is 0 Å². The smallest absolute Gasteiger partial charge is 0.0801 e. The van der Waals surface area contributed by atoms with E-state index < -0.39 is 0 Å². The van der Waals surface area contributed by atoms with Gasteiger partial charge >= 0.3 is 0 Å². The van der Waals surface area contributed by atoms with Gasteiger partial charge in [0.1, 0.15) is 0 Å². The van der Waals surface area contributed by atoms with E-state index in [9.17, 15) is 0 Å². The molecule has 18 heavy (non-hydrogen) atoms. The molecule has 0 radical (unpaired) electrons. The van der Waals surface area contributed by atoms with E-state index in [0.29, 0.717) is 6.04 Å². The molecular weight excluding hydrogens is 224 g/mol. The van der Waals surface area contributed by atoms with E-state index >= 15 is 0 Å². The summed E-state index contributed by atoms with van der Waals surface area (Å²) in [4.78, 5) is 4.97. The Bertz CT molecular complexity index is 413. The lowest BCUT2D eigenvalue weighted by molar-refractivity contribution is -0.0146. The van der Waals surface area contributed by atoms with Crippen LogP contribution in [0.5, 0.6) is 0 Å². The molecule has 2 atom stereocenters. The summed E-state index contributed by atoms with van der Waals surface area (Å²) in [5.74, 6) is 0. The van der Waals surface area contributed by atoms with Crippen molar-refractivity contribution < 1.29 is 4.74 Å². The molecule has 2 heterocycles. The van der Waals surface area contributed by atoms with Gasteiger partial charge in [-0.3, -0.25) is 4.90 Å². The monoisotopic (exact) mass is 246 g/mol. The van der Waals surface area contributed by atoms with E-state index in [1.165, 1.54) is 11.1 Å². The van der Waals surface area contributed by atoms with Crippen LogP contribution in [-0.2, 0) is 4.74 Å². The molecule has 3 heteroatoms. The van der Waals surface area contributed by atoms with Crippen molar-refractivity contribution in [3.8, 4) is 0 Å². The lowest BCUT2D eigenvalue weighted by Gasteiger charge is -2.41. The minimum Gasteiger partial charge on any atom is -0.372 e.